The Hall–Kier alpha value is -1.14. The summed E-state index contributed by atoms with van der Waals surface area (Å²) in [6.45, 7) is 2.06. The minimum Gasteiger partial charge on any atom is -0.384 e. The van der Waals surface area contributed by atoms with E-state index < -0.39 is 10.0 Å². The summed E-state index contributed by atoms with van der Waals surface area (Å²) in [6, 6.07) is 2.87. The van der Waals surface area contributed by atoms with Gasteiger partial charge in [-0.2, -0.15) is 0 Å². The van der Waals surface area contributed by atoms with Crippen LogP contribution in [0, 0.1) is 0 Å². The molecule has 1 aromatic heterocycles. The van der Waals surface area contributed by atoms with Crippen LogP contribution in [0.15, 0.2) is 23.2 Å². The third kappa shape index (κ3) is 2.40. The highest BCUT2D eigenvalue weighted by Gasteiger charge is 2.11. The van der Waals surface area contributed by atoms with Crippen LogP contribution in [0.2, 0.25) is 0 Å². The van der Waals surface area contributed by atoms with Crippen molar-refractivity contribution in [1.82, 2.24) is 9.71 Å². The van der Waals surface area contributed by atoms with Crippen molar-refractivity contribution in [1.29, 1.82) is 0 Å². The molecule has 6 heteroatoms. The van der Waals surface area contributed by atoms with Gasteiger partial charge in [-0.1, -0.05) is 6.92 Å². The third-order valence-electron chi connectivity index (χ3n) is 1.40. The van der Waals surface area contributed by atoms with Gasteiger partial charge in [0.1, 0.15) is 10.7 Å². The number of anilines is 1. The van der Waals surface area contributed by atoms with Crippen LogP contribution >= 0.6 is 0 Å². The van der Waals surface area contributed by atoms with Gasteiger partial charge in [0, 0.05) is 12.7 Å². The molecule has 0 aliphatic heterocycles. The molecule has 1 rings (SSSR count). The standard InChI is InChI=1S/C7H11N3O2S/c1-2-10-13(11,12)6-3-4-7(8)9-5-6/h3-5,10H,2H2,1H3,(H2,8,9). The maximum atomic E-state index is 11.4. The van der Waals surface area contributed by atoms with Gasteiger partial charge < -0.3 is 5.73 Å². The Balaban J connectivity index is 3.02. The summed E-state index contributed by atoms with van der Waals surface area (Å²) in [6.07, 6.45) is 1.23. The fraction of sp³-hybridized carbons (Fsp3) is 0.286. The lowest BCUT2D eigenvalue weighted by molar-refractivity contribution is 0.583. The molecule has 1 heterocycles. The lowest BCUT2D eigenvalue weighted by Crippen LogP contribution is -2.23. The minimum atomic E-state index is -3.40. The number of nitrogens with two attached hydrogens (primary N) is 1. The Bertz CT molecular complexity index is 371. The molecule has 1 aromatic rings. The van der Waals surface area contributed by atoms with Crippen molar-refractivity contribution in [2.24, 2.45) is 0 Å². The molecule has 0 aromatic carbocycles. The third-order valence-corrected chi connectivity index (χ3v) is 2.93. The SMILES string of the molecule is CCNS(=O)(=O)c1ccc(N)nc1. The normalized spacial score (nSPS) is 11.5. The van der Waals surface area contributed by atoms with Gasteiger partial charge in [-0.05, 0) is 12.1 Å². The van der Waals surface area contributed by atoms with Gasteiger partial charge in [0.2, 0.25) is 10.0 Å². The molecule has 0 aliphatic carbocycles. The van der Waals surface area contributed by atoms with E-state index in [0.29, 0.717) is 12.4 Å². The van der Waals surface area contributed by atoms with Gasteiger partial charge in [-0.25, -0.2) is 18.1 Å². The lowest BCUT2D eigenvalue weighted by Gasteiger charge is -2.03. The summed E-state index contributed by atoms with van der Waals surface area (Å²) in [4.78, 5) is 3.81. The van der Waals surface area contributed by atoms with Crippen LogP contribution < -0.4 is 10.5 Å². The van der Waals surface area contributed by atoms with Gasteiger partial charge in [0.15, 0.2) is 0 Å². The molecule has 0 bridgehead atoms. The van der Waals surface area contributed by atoms with Crippen LogP contribution in [0.25, 0.3) is 0 Å². The van der Waals surface area contributed by atoms with Gasteiger partial charge in [-0.3, -0.25) is 0 Å². The second-order valence-corrected chi connectivity index (χ2v) is 4.19. The van der Waals surface area contributed by atoms with E-state index in [2.05, 4.69) is 9.71 Å². The van der Waals surface area contributed by atoms with Crippen molar-refractivity contribution in [3.8, 4) is 0 Å². The molecule has 0 fully saturated rings. The highest BCUT2D eigenvalue weighted by Crippen LogP contribution is 2.07. The van der Waals surface area contributed by atoms with Crippen LogP contribution in [0.5, 0.6) is 0 Å². The Kier molecular flexibility index (Phi) is 2.84. The van der Waals surface area contributed by atoms with Crippen LogP contribution in [-0.4, -0.2) is 19.9 Å². The van der Waals surface area contributed by atoms with E-state index >= 15 is 0 Å². The van der Waals surface area contributed by atoms with Crippen molar-refractivity contribution in [2.75, 3.05) is 12.3 Å². The second-order valence-electron chi connectivity index (χ2n) is 2.42. The minimum absolute atomic E-state index is 0.128. The van der Waals surface area contributed by atoms with Crippen LogP contribution in [-0.2, 0) is 10.0 Å². The number of pyridine rings is 1. The Labute approximate surface area is 77.0 Å². The van der Waals surface area contributed by atoms with E-state index in [-0.39, 0.29) is 4.90 Å². The van der Waals surface area contributed by atoms with Crippen LogP contribution in [0.3, 0.4) is 0 Å². The predicted octanol–water partition coefficient (Wildman–Crippen LogP) is -0.0380. The zero-order chi connectivity index (χ0) is 9.90. The van der Waals surface area contributed by atoms with Crippen molar-refractivity contribution in [2.45, 2.75) is 11.8 Å². The molecule has 0 radical (unpaired) electrons. The van der Waals surface area contributed by atoms with Crippen molar-refractivity contribution < 1.29 is 8.42 Å². The first kappa shape index (κ1) is 9.94. The first-order valence-corrected chi connectivity index (χ1v) is 5.26. The zero-order valence-corrected chi connectivity index (χ0v) is 8.00. The van der Waals surface area contributed by atoms with Crippen molar-refractivity contribution in [3.63, 3.8) is 0 Å². The number of aromatic nitrogens is 1. The summed E-state index contributed by atoms with van der Waals surface area (Å²) in [5.41, 5.74) is 5.32. The lowest BCUT2D eigenvalue weighted by atomic mass is 10.5. The fourth-order valence-corrected chi connectivity index (χ4v) is 1.81. The Morgan fingerprint density at radius 1 is 1.54 bits per heavy atom. The van der Waals surface area contributed by atoms with Gasteiger partial charge >= 0.3 is 0 Å². The molecule has 5 nitrogen and oxygen atoms in total. The molecule has 0 amide bonds. The van der Waals surface area contributed by atoms with E-state index in [0.717, 1.165) is 0 Å². The predicted molar refractivity (Wildman–Crippen MR) is 49.5 cm³/mol. The number of nitrogens with one attached hydrogen (secondary N) is 1. The number of hydrogen-bond donors (Lipinski definition) is 2. The summed E-state index contributed by atoms with van der Waals surface area (Å²) >= 11 is 0. The maximum Gasteiger partial charge on any atom is 0.242 e. The monoisotopic (exact) mass is 201 g/mol. The molecule has 0 unspecified atom stereocenters. The van der Waals surface area contributed by atoms with Gasteiger partial charge in [0.25, 0.3) is 0 Å². The van der Waals surface area contributed by atoms with E-state index in [9.17, 15) is 8.42 Å². The molecule has 0 saturated heterocycles. The van der Waals surface area contributed by atoms with Gasteiger partial charge in [0.05, 0.1) is 0 Å². The number of sulfonamides is 1. The molecule has 13 heavy (non-hydrogen) atoms. The highest BCUT2D eigenvalue weighted by atomic mass is 32.2. The highest BCUT2D eigenvalue weighted by molar-refractivity contribution is 7.89. The Morgan fingerprint density at radius 2 is 2.23 bits per heavy atom. The molecule has 3 N–H and O–H groups in total. The van der Waals surface area contributed by atoms with E-state index in [4.69, 9.17) is 5.73 Å². The molecule has 0 spiro atoms. The number of hydrogen-bond acceptors (Lipinski definition) is 4. The van der Waals surface area contributed by atoms with Crippen molar-refractivity contribution in [3.05, 3.63) is 18.3 Å². The number of nitrogen functional groups attached to an aromatic ring is 1. The average Bonchev–Trinajstić information content (AvgIpc) is 2.05. The number of nitrogens with zero attached hydrogens (tertiary/aromatic N) is 1. The quantitative estimate of drug-likeness (QED) is 0.718. The van der Waals surface area contributed by atoms with E-state index in [1.54, 1.807) is 6.92 Å². The summed E-state index contributed by atoms with van der Waals surface area (Å²) in [5.74, 6) is 0.301. The first-order chi connectivity index (χ1) is 6.06. The molecular weight excluding hydrogens is 190 g/mol. The van der Waals surface area contributed by atoms with E-state index in [1.165, 1.54) is 18.3 Å². The summed E-state index contributed by atoms with van der Waals surface area (Å²) in [7, 11) is -3.40. The molecular formula is C7H11N3O2S. The van der Waals surface area contributed by atoms with Crippen LogP contribution in [0.1, 0.15) is 6.92 Å². The molecule has 0 saturated carbocycles. The second kappa shape index (κ2) is 3.71. The zero-order valence-electron chi connectivity index (χ0n) is 7.19. The van der Waals surface area contributed by atoms with Crippen molar-refractivity contribution >= 4 is 15.8 Å². The summed E-state index contributed by atoms with van der Waals surface area (Å²) in [5, 5.41) is 0. The first-order valence-electron chi connectivity index (χ1n) is 3.77. The number of rotatable bonds is 3. The largest absolute Gasteiger partial charge is 0.384 e. The summed E-state index contributed by atoms with van der Waals surface area (Å²) < 4.78 is 25.1. The topological polar surface area (TPSA) is 85.1 Å². The smallest absolute Gasteiger partial charge is 0.242 e. The van der Waals surface area contributed by atoms with E-state index in [1.807, 2.05) is 0 Å². The molecule has 0 aliphatic rings. The van der Waals surface area contributed by atoms with Crippen LogP contribution in [0.4, 0.5) is 5.82 Å². The maximum absolute atomic E-state index is 11.4. The van der Waals surface area contributed by atoms with Gasteiger partial charge in [-0.15, -0.1) is 0 Å². The molecule has 0 atom stereocenters. The average molecular weight is 201 g/mol. The fourth-order valence-electron chi connectivity index (χ4n) is 0.824. The Morgan fingerprint density at radius 3 is 2.69 bits per heavy atom. The molecule has 72 valence electrons.